The molecule has 0 aliphatic heterocycles. The maximum absolute atomic E-state index is 11.0. The molecular weight excluding hydrogens is 290 g/mol. The maximum Gasteiger partial charge on any atom is 0.404 e. The molecule has 3 fully saturated rings. The van der Waals surface area contributed by atoms with Crippen molar-refractivity contribution in [3.05, 3.63) is 0 Å². The van der Waals surface area contributed by atoms with Gasteiger partial charge in [-0.1, -0.05) is 0 Å². The van der Waals surface area contributed by atoms with Crippen LogP contribution in [0.25, 0.3) is 0 Å². The minimum atomic E-state index is -0.629. The first kappa shape index (κ1) is 14.9. The SMILES string of the molecule is NC(=O)OCC1C2CCC(S)CC2C2CC(S)CCC12. The van der Waals surface area contributed by atoms with Crippen molar-refractivity contribution in [2.75, 3.05) is 6.61 Å². The molecule has 0 radical (unpaired) electrons. The van der Waals surface area contributed by atoms with Gasteiger partial charge in [0.15, 0.2) is 0 Å². The molecule has 20 heavy (non-hydrogen) atoms. The fourth-order valence-corrected chi connectivity index (χ4v) is 5.99. The number of thiol groups is 2. The highest BCUT2D eigenvalue weighted by Crippen LogP contribution is 2.58. The molecule has 114 valence electrons. The van der Waals surface area contributed by atoms with E-state index in [1.54, 1.807) is 0 Å². The van der Waals surface area contributed by atoms with Crippen molar-refractivity contribution in [1.82, 2.24) is 0 Å². The van der Waals surface area contributed by atoms with Gasteiger partial charge in [0, 0.05) is 10.5 Å². The highest BCUT2D eigenvalue weighted by Gasteiger charge is 2.53. The molecule has 2 N–H and O–H groups in total. The fourth-order valence-electron chi connectivity index (χ4n) is 5.20. The van der Waals surface area contributed by atoms with Gasteiger partial charge < -0.3 is 10.5 Å². The number of nitrogens with two attached hydrogens (primary N) is 1. The van der Waals surface area contributed by atoms with E-state index in [9.17, 15) is 4.79 Å². The molecule has 0 spiro atoms. The van der Waals surface area contributed by atoms with Crippen LogP contribution in [0, 0.1) is 29.6 Å². The number of primary amides is 1. The standard InChI is InChI=1S/C15H25NO2S2/c16-15(17)18-7-14-10-3-1-8(19)5-12(10)13-6-9(20)2-4-11(13)14/h8-14,19-20H,1-7H2,(H2,16,17). The molecule has 0 bridgehead atoms. The largest absolute Gasteiger partial charge is 0.449 e. The third-order valence-electron chi connectivity index (χ3n) is 5.92. The number of carbonyl (C=O) groups is 1. The van der Waals surface area contributed by atoms with E-state index in [0.29, 0.717) is 34.9 Å². The van der Waals surface area contributed by atoms with Gasteiger partial charge in [-0.25, -0.2) is 4.79 Å². The zero-order valence-electron chi connectivity index (χ0n) is 11.8. The summed E-state index contributed by atoms with van der Waals surface area (Å²) in [6.45, 7) is 0.520. The topological polar surface area (TPSA) is 52.3 Å². The van der Waals surface area contributed by atoms with Gasteiger partial charge in [0.05, 0.1) is 6.61 Å². The summed E-state index contributed by atoms with van der Waals surface area (Å²) in [7, 11) is 0. The van der Waals surface area contributed by atoms with Gasteiger partial charge in [0.1, 0.15) is 0 Å². The summed E-state index contributed by atoms with van der Waals surface area (Å²) in [6.07, 6.45) is 6.68. The smallest absolute Gasteiger partial charge is 0.404 e. The summed E-state index contributed by atoms with van der Waals surface area (Å²) >= 11 is 9.42. The van der Waals surface area contributed by atoms with E-state index in [1.165, 1.54) is 38.5 Å². The molecule has 3 saturated carbocycles. The Balaban J connectivity index is 1.77. The monoisotopic (exact) mass is 315 g/mol. The van der Waals surface area contributed by atoms with Crippen LogP contribution in [0.5, 0.6) is 0 Å². The van der Waals surface area contributed by atoms with Gasteiger partial charge in [-0.15, -0.1) is 0 Å². The molecule has 1 amide bonds. The quantitative estimate of drug-likeness (QED) is 0.686. The molecule has 0 saturated heterocycles. The molecule has 0 heterocycles. The highest BCUT2D eigenvalue weighted by atomic mass is 32.1. The van der Waals surface area contributed by atoms with Crippen LogP contribution in [0.15, 0.2) is 0 Å². The lowest BCUT2D eigenvalue weighted by molar-refractivity contribution is 0.0937. The zero-order valence-corrected chi connectivity index (χ0v) is 13.6. The second-order valence-electron chi connectivity index (χ2n) is 6.88. The van der Waals surface area contributed by atoms with Crippen molar-refractivity contribution in [1.29, 1.82) is 0 Å². The van der Waals surface area contributed by atoms with Gasteiger partial charge >= 0.3 is 6.09 Å². The number of hydrogen-bond donors (Lipinski definition) is 3. The third-order valence-corrected chi connectivity index (χ3v) is 6.86. The van der Waals surface area contributed by atoms with Crippen LogP contribution in [0.4, 0.5) is 4.79 Å². The number of ether oxygens (including phenoxy) is 1. The summed E-state index contributed by atoms with van der Waals surface area (Å²) in [5.74, 6) is 3.43. The van der Waals surface area contributed by atoms with Gasteiger partial charge in [0.25, 0.3) is 0 Å². The Morgan fingerprint density at radius 1 is 0.950 bits per heavy atom. The van der Waals surface area contributed by atoms with Crippen LogP contribution >= 0.6 is 25.3 Å². The first-order chi connectivity index (χ1) is 9.56. The average molecular weight is 316 g/mol. The normalized spacial score (nSPS) is 47.4. The first-order valence-corrected chi connectivity index (χ1v) is 8.88. The van der Waals surface area contributed by atoms with Crippen LogP contribution in [-0.4, -0.2) is 23.2 Å². The number of hydrogen-bond acceptors (Lipinski definition) is 4. The van der Waals surface area contributed by atoms with Crippen LogP contribution in [0.1, 0.15) is 38.5 Å². The Hall–Kier alpha value is -0.0300. The molecule has 3 rings (SSSR count). The molecule has 3 aliphatic carbocycles. The van der Waals surface area contributed by atoms with Gasteiger partial charge in [-0.3, -0.25) is 0 Å². The molecule has 6 unspecified atom stereocenters. The van der Waals surface area contributed by atoms with E-state index in [4.69, 9.17) is 35.7 Å². The van der Waals surface area contributed by atoms with Crippen LogP contribution in [0.3, 0.4) is 0 Å². The number of amides is 1. The maximum atomic E-state index is 11.0. The van der Waals surface area contributed by atoms with Gasteiger partial charge in [-0.2, -0.15) is 25.3 Å². The fraction of sp³-hybridized carbons (Fsp3) is 0.933. The Bertz CT molecular complexity index is 353. The lowest BCUT2D eigenvalue weighted by Crippen LogP contribution is -2.29. The van der Waals surface area contributed by atoms with Gasteiger partial charge in [-0.05, 0) is 68.1 Å². The van der Waals surface area contributed by atoms with Crippen molar-refractivity contribution in [2.24, 2.45) is 35.3 Å². The molecule has 0 aromatic heterocycles. The second-order valence-corrected chi connectivity index (χ2v) is 8.34. The lowest BCUT2D eigenvalue weighted by Gasteiger charge is -2.36. The third kappa shape index (κ3) is 2.80. The van der Waals surface area contributed by atoms with Crippen molar-refractivity contribution in [3.8, 4) is 0 Å². The highest BCUT2D eigenvalue weighted by molar-refractivity contribution is 7.81. The molecule has 3 nitrogen and oxygen atoms in total. The molecule has 6 atom stereocenters. The molecule has 5 heteroatoms. The molecule has 0 aromatic carbocycles. The summed E-state index contributed by atoms with van der Waals surface area (Å²) in [5.41, 5.74) is 5.17. The minimum absolute atomic E-state index is 0.513. The summed E-state index contributed by atoms with van der Waals surface area (Å²) in [6, 6.07) is 0. The van der Waals surface area contributed by atoms with Crippen molar-refractivity contribution < 1.29 is 9.53 Å². The van der Waals surface area contributed by atoms with Crippen LogP contribution in [0.2, 0.25) is 0 Å². The van der Waals surface area contributed by atoms with E-state index >= 15 is 0 Å². The van der Waals surface area contributed by atoms with E-state index in [1.807, 2.05) is 0 Å². The molecular formula is C15H25NO2S2. The lowest BCUT2D eigenvalue weighted by atomic mass is 9.73. The average Bonchev–Trinajstić information content (AvgIpc) is 2.69. The Morgan fingerprint density at radius 3 is 1.90 bits per heavy atom. The van der Waals surface area contributed by atoms with E-state index in [0.717, 1.165) is 11.8 Å². The van der Waals surface area contributed by atoms with Crippen molar-refractivity contribution in [3.63, 3.8) is 0 Å². The summed E-state index contributed by atoms with van der Waals surface area (Å²) in [4.78, 5) is 11.0. The van der Waals surface area contributed by atoms with E-state index in [2.05, 4.69) is 0 Å². The van der Waals surface area contributed by atoms with Crippen LogP contribution in [-0.2, 0) is 4.74 Å². The Labute approximate surface area is 132 Å². The molecule has 3 aliphatic rings. The van der Waals surface area contributed by atoms with E-state index < -0.39 is 6.09 Å². The van der Waals surface area contributed by atoms with Crippen LogP contribution < -0.4 is 5.73 Å². The molecule has 0 aromatic rings. The van der Waals surface area contributed by atoms with Crippen molar-refractivity contribution in [2.45, 2.75) is 49.0 Å². The summed E-state index contributed by atoms with van der Waals surface area (Å²) < 4.78 is 5.18. The van der Waals surface area contributed by atoms with E-state index in [-0.39, 0.29) is 0 Å². The zero-order chi connectivity index (χ0) is 14.3. The van der Waals surface area contributed by atoms with Gasteiger partial charge in [0.2, 0.25) is 0 Å². The summed E-state index contributed by atoms with van der Waals surface area (Å²) in [5, 5.41) is 1.10. The minimum Gasteiger partial charge on any atom is -0.449 e. The first-order valence-electron chi connectivity index (χ1n) is 7.84. The number of fused-ring (bicyclic) bond motifs is 3. The second kappa shape index (κ2) is 5.99. The predicted octanol–water partition coefficient (Wildman–Crippen LogP) is 3.14. The number of rotatable bonds is 2. The predicted molar refractivity (Wildman–Crippen MR) is 86.2 cm³/mol. The van der Waals surface area contributed by atoms with Crippen molar-refractivity contribution >= 4 is 31.4 Å². The Kier molecular flexibility index (Phi) is 4.46. The number of carbonyl (C=O) groups excluding carboxylic acids is 1. The Morgan fingerprint density at radius 2 is 1.45 bits per heavy atom.